The highest BCUT2D eigenvalue weighted by Crippen LogP contribution is 2.24. The van der Waals surface area contributed by atoms with Crippen molar-refractivity contribution < 1.29 is 0 Å². The summed E-state index contributed by atoms with van der Waals surface area (Å²) in [4.78, 5) is 2.67. The molecule has 102 valence electrons. The molecule has 0 bridgehead atoms. The van der Waals surface area contributed by atoms with Gasteiger partial charge in [0.05, 0.1) is 0 Å². The summed E-state index contributed by atoms with van der Waals surface area (Å²) in [5.74, 6) is 0.788. The zero-order valence-corrected chi connectivity index (χ0v) is 13.2. The Morgan fingerprint density at radius 1 is 1.41 bits per heavy atom. The lowest BCUT2D eigenvalue weighted by molar-refractivity contribution is 0.124. The second-order valence-corrected chi connectivity index (χ2v) is 7.99. The average molecular weight is 258 g/mol. The van der Waals surface area contributed by atoms with Crippen molar-refractivity contribution in [3.8, 4) is 0 Å². The minimum Gasteiger partial charge on any atom is -0.311 e. The summed E-state index contributed by atoms with van der Waals surface area (Å²) in [5, 5.41) is 3.69. The maximum atomic E-state index is 3.69. The van der Waals surface area contributed by atoms with Gasteiger partial charge in [0.15, 0.2) is 0 Å². The Bertz CT molecular complexity index is 228. The van der Waals surface area contributed by atoms with Crippen molar-refractivity contribution in [3.63, 3.8) is 0 Å². The highest BCUT2D eigenvalue weighted by atomic mass is 32.2. The molecule has 2 atom stereocenters. The molecule has 0 amide bonds. The van der Waals surface area contributed by atoms with Gasteiger partial charge in [0, 0.05) is 36.5 Å². The zero-order valence-electron chi connectivity index (χ0n) is 12.4. The molecule has 1 aliphatic heterocycles. The summed E-state index contributed by atoms with van der Waals surface area (Å²) < 4.78 is 0.369. The van der Waals surface area contributed by atoms with Gasteiger partial charge < -0.3 is 5.32 Å². The molecule has 0 radical (unpaired) electrons. The molecule has 0 saturated carbocycles. The van der Waals surface area contributed by atoms with Crippen molar-refractivity contribution in [2.45, 2.75) is 57.9 Å². The zero-order chi connectivity index (χ0) is 13.1. The van der Waals surface area contributed by atoms with Gasteiger partial charge >= 0.3 is 0 Å². The van der Waals surface area contributed by atoms with Crippen LogP contribution < -0.4 is 5.32 Å². The van der Waals surface area contributed by atoms with E-state index in [9.17, 15) is 0 Å². The molecule has 1 heterocycles. The van der Waals surface area contributed by atoms with Crippen molar-refractivity contribution in [3.05, 3.63) is 0 Å². The van der Waals surface area contributed by atoms with Crippen LogP contribution in [0.5, 0.6) is 0 Å². The van der Waals surface area contributed by atoms with E-state index in [0.29, 0.717) is 16.8 Å². The second-order valence-electron chi connectivity index (χ2n) is 6.48. The van der Waals surface area contributed by atoms with Crippen molar-refractivity contribution in [1.29, 1.82) is 0 Å². The summed E-state index contributed by atoms with van der Waals surface area (Å²) in [7, 11) is 0. The van der Waals surface area contributed by atoms with Crippen LogP contribution in [-0.2, 0) is 0 Å². The van der Waals surface area contributed by atoms with Gasteiger partial charge in [-0.3, -0.25) is 4.90 Å². The molecule has 0 aliphatic carbocycles. The normalized spacial score (nSPS) is 27.7. The molecule has 1 saturated heterocycles. The summed E-state index contributed by atoms with van der Waals surface area (Å²) in [5.41, 5.74) is 0. The van der Waals surface area contributed by atoms with Crippen LogP contribution in [0.3, 0.4) is 0 Å². The minimum absolute atomic E-state index is 0.369. The lowest BCUT2D eigenvalue weighted by atomic mass is 9.99. The monoisotopic (exact) mass is 258 g/mol. The van der Waals surface area contributed by atoms with E-state index >= 15 is 0 Å². The highest BCUT2D eigenvalue weighted by molar-refractivity contribution is 7.99. The molecular formula is C14H30N2S. The van der Waals surface area contributed by atoms with E-state index in [1.54, 1.807) is 0 Å². The Morgan fingerprint density at radius 3 is 2.59 bits per heavy atom. The standard InChI is InChI=1S/C14H30N2S/c1-11(2)7-13-9-16(12(3)8-15-13)10-14(4,5)17-6/h11-13,15H,7-10H2,1-6H3. The first kappa shape index (κ1) is 15.3. The van der Waals surface area contributed by atoms with Crippen LogP contribution in [0.4, 0.5) is 0 Å². The first-order valence-electron chi connectivity index (χ1n) is 6.86. The van der Waals surface area contributed by atoms with Gasteiger partial charge in [-0.1, -0.05) is 13.8 Å². The predicted octanol–water partition coefficient (Wildman–Crippen LogP) is 2.84. The van der Waals surface area contributed by atoms with E-state index in [1.807, 2.05) is 11.8 Å². The quantitative estimate of drug-likeness (QED) is 0.816. The molecule has 0 spiro atoms. The number of thioether (sulfide) groups is 1. The molecule has 1 rings (SSSR count). The summed E-state index contributed by atoms with van der Waals surface area (Å²) in [6, 6.07) is 1.36. The number of nitrogens with one attached hydrogen (secondary N) is 1. The van der Waals surface area contributed by atoms with E-state index in [0.717, 1.165) is 12.5 Å². The largest absolute Gasteiger partial charge is 0.311 e. The lowest BCUT2D eigenvalue weighted by Gasteiger charge is -2.42. The molecule has 17 heavy (non-hydrogen) atoms. The second kappa shape index (κ2) is 6.44. The van der Waals surface area contributed by atoms with Gasteiger partial charge in [0.2, 0.25) is 0 Å². The first-order chi connectivity index (χ1) is 7.84. The van der Waals surface area contributed by atoms with Crippen LogP contribution in [0.25, 0.3) is 0 Å². The maximum Gasteiger partial charge on any atom is 0.0228 e. The Kier molecular flexibility index (Phi) is 5.81. The smallest absolute Gasteiger partial charge is 0.0228 e. The number of nitrogens with zero attached hydrogens (tertiary/aromatic N) is 1. The predicted molar refractivity (Wildman–Crippen MR) is 79.9 cm³/mol. The SMILES string of the molecule is CSC(C)(C)CN1CC(CC(C)C)NCC1C. The third-order valence-electron chi connectivity index (χ3n) is 3.67. The van der Waals surface area contributed by atoms with E-state index in [1.165, 1.54) is 19.5 Å². The number of hydrogen-bond acceptors (Lipinski definition) is 3. The van der Waals surface area contributed by atoms with Gasteiger partial charge in [0.1, 0.15) is 0 Å². The van der Waals surface area contributed by atoms with Crippen LogP contribution in [0, 0.1) is 5.92 Å². The number of piperazine rings is 1. The van der Waals surface area contributed by atoms with E-state index < -0.39 is 0 Å². The number of rotatable bonds is 5. The van der Waals surface area contributed by atoms with Gasteiger partial charge in [-0.15, -0.1) is 0 Å². The molecule has 2 unspecified atom stereocenters. The molecule has 1 aliphatic rings. The third kappa shape index (κ3) is 5.19. The highest BCUT2D eigenvalue weighted by Gasteiger charge is 2.29. The molecule has 0 aromatic heterocycles. The molecule has 0 aromatic rings. The van der Waals surface area contributed by atoms with Crippen molar-refractivity contribution >= 4 is 11.8 Å². The van der Waals surface area contributed by atoms with Crippen molar-refractivity contribution in [1.82, 2.24) is 10.2 Å². The van der Waals surface area contributed by atoms with Crippen LogP contribution >= 0.6 is 11.8 Å². The van der Waals surface area contributed by atoms with Crippen LogP contribution in [-0.4, -0.2) is 47.6 Å². The molecule has 1 fully saturated rings. The number of hydrogen-bond donors (Lipinski definition) is 1. The molecule has 1 N–H and O–H groups in total. The van der Waals surface area contributed by atoms with Gasteiger partial charge in [0.25, 0.3) is 0 Å². The molecule has 3 heteroatoms. The fourth-order valence-electron chi connectivity index (χ4n) is 2.49. The van der Waals surface area contributed by atoms with E-state index in [4.69, 9.17) is 0 Å². The Morgan fingerprint density at radius 2 is 2.06 bits per heavy atom. The van der Waals surface area contributed by atoms with Gasteiger partial charge in [-0.05, 0) is 39.4 Å². The van der Waals surface area contributed by atoms with E-state index in [2.05, 4.69) is 51.1 Å². The summed E-state index contributed by atoms with van der Waals surface area (Å²) >= 11 is 1.98. The molecule has 2 nitrogen and oxygen atoms in total. The topological polar surface area (TPSA) is 15.3 Å². The van der Waals surface area contributed by atoms with Crippen LogP contribution in [0.15, 0.2) is 0 Å². The first-order valence-corrected chi connectivity index (χ1v) is 8.09. The molecule has 0 aromatic carbocycles. The van der Waals surface area contributed by atoms with Gasteiger partial charge in [-0.25, -0.2) is 0 Å². The van der Waals surface area contributed by atoms with Gasteiger partial charge in [-0.2, -0.15) is 11.8 Å². The Balaban J connectivity index is 2.51. The van der Waals surface area contributed by atoms with E-state index in [-0.39, 0.29) is 0 Å². The van der Waals surface area contributed by atoms with Crippen LogP contribution in [0.2, 0.25) is 0 Å². The Labute approximate surface area is 112 Å². The summed E-state index contributed by atoms with van der Waals surface area (Å²) in [6.07, 6.45) is 3.52. The van der Waals surface area contributed by atoms with Crippen molar-refractivity contribution in [2.24, 2.45) is 5.92 Å². The fraction of sp³-hybridized carbons (Fsp3) is 1.00. The van der Waals surface area contributed by atoms with Crippen molar-refractivity contribution in [2.75, 3.05) is 25.9 Å². The maximum absolute atomic E-state index is 3.69. The lowest BCUT2D eigenvalue weighted by Crippen LogP contribution is -2.57. The molecular weight excluding hydrogens is 228 g/mol. The Hall–Kier alpha value is 0.270. The minimum atomic E-state index is 0.369. The summed E-state index contributed by atoms with van der Waals surface area (Å²) in [6.45, 7) is 15.2. The fourth-order valence-corrected chi connectivity index (χ4v) is 2.79. The average Bonchev–Trinajstić information content (AvgIpc) is 2.22. The third-order valence-corrected chi connectivity index (χ3v) is 4.91. The van der Waals surface area contributed by atoms with Crippen LogP contribution in [0.1, 0.15) is 41.0 Å².